The highest BCUT2D eigenvalue weighted by Gasteiger charge is 2.60. The molecule has 2 aliphatic heterocycles. The van der Waals surface area contributed by atoms with E-state index in [9.17, 15) is 29.4 Å². The molecule has 8 heteroatoms. The number of hydrogen-bond donors (Lipinski definition) is 2. The van der Waals surface area contributed by atoms with Gasteiger partial charge in [-0.1, -0.05) is 42.5 Å². The first-order valence-electron chi connectivity index (χ1n) is 9.23. The number of hydrogen-bond acceptors (Lipinski definition) is 6. The second kappa shape index (κ2) is 6.21. The second-order valence-electron chi connectivity index (χ2n) is 7.25. The van der Waals surface area contributed by atoms with Crippen molar-refractivity contribution in [3.63, 3.8) is 0 Å². The van der Waals surface area contributed by atoms with E-state index >= 15 is 0 Å². The molecule has 1 saturated heterocycles. The molecule has 5 rings (SSSR count). The lowest BCUT2D eigenvalue weighted by atomic mass is 9.85. The number of aliphatic carboxylic acids is 1. The van der Waals surface area contributed by atoms with Crippen LogP contribution in [-0.4, -0.2) is 45.5 Å². The summed E-state index contributed by atoms with van der Waals surface area (Å²) in [5.74, 6) is -6.17. The van der Waals surface area contributed by atoms with Crippen molar-refractivity contribution in [1.82, 2.24) is 0 Å². The topological polar surface area (TPSA) is 124 Å². The molecule has 0 bridgehead atoms. The van der Waals surface area contributed by atoms with E-state index in [1.165, 1.54) is 6.07 Å². The zero-order chi connectivity index (χ0) is 21.2. The molecule has 0 aromatic heterocycles. The monoisotopic (exact) mass is 402 g/mol. The van der Waals surface area contributed by atoms with Gasteiger partial charge in [0.05, 0.1) is 28.8 Å². The molecule has 1 aliphatic carbocycles. The summed E-state index contributed by atoms with van der Waals surface area (Å²) in [6.45, 7) is 0. The quantitative estimate of drug-likeness (QED) is 0.755. The van der Waals surface area contributed by atoms with Crippen LogP contribution in [0.4, 0.5) is 5.69 Å². The zero-order valence-electron chi connectivity index (χ0n) is 15.4. The van der Waals surface area contributed by atoms with Gasteiger partial charge in [-0.3, -0.25) is 19.4 Å². The van der Waals surface area contributed by atoms with Gasteiger partial charge in [0, 0.05) is 11.1 Å². The first-order valence-corrected chi connectivity index (χ1v) is 9.23. The number of carboxylic acids is 1. The molecule has 3 aliphatic rings. The largest absolute Gasteiger partial charge is 0.506 e. The molecule has 1 fully saturated rings. The minimum Gasteiger partial charge on any atom is -0.506 e. The van der Waals surface area contributed by atoms with Crippen molar-refractivity contribution >= 4 is 40.7 Å². The van der Waals surface area contributed by atoms with Crippen LogP contribution in [-0.2, 0) is 14.4 Å². The van der Waals surface area contributed by atoms with E-state index in [4.69, 9.17) is 0 Å². The van der Waals surface area contributed by atoms with Crippen LogP contribution in [0.2, 0.25) is 0 Å². The first-order chi connectivity index (χ1) is 14.4. The van der Waals surface area contributed by atoms with Crippen LogP contribution in [0.25, 0.3) is 5.76 Å². The maximum atomic E-state index is 13.2. The van der Waals surface area contributed by atoms with E-state index in [2.05, 4.69) is 4.99 Å². The second-order valence-corrected chi connectivity index (χ2v) is 7.25. The van der Waals surface area contributed by atoms with Gasteiger partial charge in [0.2, 0.25) is 11.8 Å². The van der Waals surface area contributed by atoms with Crippen LogP contribution in [0.3, 0.4) is 0 Å². The van der Waals surface area contributed by atoms with Gasteiger partial charge in [-0.15, -0.1) is 0 Å². The van der Waals surface area contributed by atoms with Crippen LogP contribution in [0.5, 0.6) is 0 Å². The van der Waals surface area contributed by atoms with Gasteiger partial charge in [0.1, 0.15) is 5.76 Å². The Labute approximate surface area is 169 Å². The Hall–Kier alpha value is -4.07. The Morgan fingerprint density at radius 2 is 1.53 bits per heavy atom. The van der Waals surface area contributed by atoms with E-state index in [-0.39, 0.29) is 28.2 Å². The molecule has 2 aromatic rings. The highest BCUT2D eigenvalue weighted by Crippen LogP contribution is 2.44. The maximum absolute atomic E-state index is 13.2. The molecule has 8 nitrogen and oxygen atoms in total. The van der Waals surface area contributed by atoms with Crippen molar-refractivity contribution in [2.75, 3.05) is 4.90 Å². The van der Waals surface area contributed by atoms with Gasteiger partial charge in [-0.25, -0.2) is 9.69 Å². The number of carbonyl (C=O) groups excluding carboxylic acids is 3. The molecule has 2 heterocycles. The van der Waals surface area contributed by atoms with Crippen LogP contribution >= 0.6 is 0 Å². The molecule has 0 unspecified atom stereocenters. The number of carboxylic acid groups (broad SMARTS) is 1. The molecule has 148 valence electrons. The maximum Gasteiger partial charge on any atom is 0.329 e. The van der Waals surface area contributed by atoms with Crippen LogP contribution in [0.15, 0.2) is 65.2 Å². The van der Waals surface area contributed by atoms with Crippen molar-refractivity contribution in [2.45, 2.75) is 6.04 Å². The number of imide groups is 1. The molecule has 0 radical (unpaired) electrons. The lowest BCUT2D eigenvalue weighted by molar-refractivity contribution is -0.141. The number of Topliss-reactive ketones (excluding diaryl/α,β-unsaturated/α-hetero) is 1. The molecular formula is C22H14N2O6. The molecule has 3 atom stereocenters. The Balaban J connectivity index is 1.65. The number of carbonyl (C=O) groups is 4. The van der Waals surface area contributed by atoms with E-state index in [1.54, 1.807) is 48.5 Å². The highest BCUT2D eigenvalue weighted by atomic mass is 16.4. The number of fused-ring (bicyclic) bond motifs is 2. The molecule has 2 amide bonds. The Bertz CT molecular complexity index is 1210. The number of para-hydroxylation sites is 1. The third kappa shape index (κ3) is 2.24. The van der Waals surface area contributed by atoms with Gasteiger partial charge in [-0.05, 0) is 12.1 Å². The zero-order valence-corrected chi connectivity index (χ0v) is 15.4. The fourth-order valence-electron chi connectivity index (χ4n) is 4.37. The fraction of sp³-hybridized carbons (Fsp3) is 0.136. The Morgan fingerprint density at radius 1 is 0.900 bits per heavy atom. The summed E-state index contributed by atoms with van der Waals surface area (Å²) in [7, 11) is 0. The van der Waals surface area contributed by atoms with E-state index in [0.29, 0.717) is 5.69 Å². The van der Waals surface area contributed by atoms with Crippen LogP contribution in [0.1, 0.15) is 15.9 Å². The summed E-state index contributed by atoms with van der Waals surface area (Å²) < 4.78 is 0. The van der Waals surface area contributed by atoms with Gasteiger partial charge >= 0.3 is 5.97 Å². The van der Waals surface area contributed by atoms with Crippen molar-refractivity contribution in [2.24, 2.45) is 16.8 Å². The predicted octanol–water partition coefficient (Wildman–Crippen LogP) is 1.87. The number of allylic oxidation sites excluding steroid dienone is 1. The number of anilines is 1. The Morgan fingerprint density at radius 3 is 2.17 bits per heavy atom. The van der Waals surface area contributed by atoms with Crippen molar-refractivity contribution < 1.29 is 29.4 Å². The summed E-state index contributed by atoms with van der Waals surface area (Å²) in [6.07, 6.45) is 0. The summed E-state index contributed by atoms with van der Waals surface area (Å²) in [5, 5.41) is 20.3. The number of aliphatic hydroxyl groups excluding tert-OH is 1. The fourth-order valence-corrected chi connectivity index (χ4v) is 4.37. The van der Waals surface area contributed by atoms with E-state index in [0.717, 1.165) is 4.90 Å². The Kier molecular flexibility index (Phi) is 3.73. The number of rotatable bonds is 3. The molecular weight excluding hydrogens is 388 g/mol. The number of ketones is 1. The third-order valence-electron chi connectivity index (χ3n) is 5.68. The normalized spacial score (nSPS) is 24.9. The van der Waals surface area contributed by atoms with Gasteiger partial charge in [-0.2, -0.15) is 0 Å². The minimum atomic E-state index is -1.52. The molecule has 30 heavy (non-hydrogen) atoms. The molecule has 2 aromatic carbocycles. The summed E-state index contributed by atoms with van der Waals surface area (Å²) in [6, 6.07) is 13.0. The third-order valence-corrected chi connectivity index (χ3v) is 5.68. The summed E-state index contributed by atoms with van der Waals surface area (Å²) >= 11 is 0. The molecule has 0 saturated carbocycles. The smallest absolute Gasteiger partial charge is 0.329 e. The van der Waals surface area contributed by atoms with Gasteiger partial charge < -0.3 is 10.2 Å². The van der Waals surface area contributed by atoms with Crippen molar-refractivity contribution in [3.05, 3.63) is 71.3 Å². The van der Waals surface area contributed by atoms with E-state index < -0.39 is 41.4 Å². The number of benzene rings is 2. The lowest BCUT2D eigenvalue weighted by Crippen LogP contribution is -2.35. The van der Waals surface area contributed by atoms with Gasteiger partial charge in [0.25, 0.3) is 0 Å². The number of aliphatic hydroxyl groups is 1. The molecule has 2 N–H and O–H groups in total. The first kappa shape index (κ1) is 18.0. The number of nitrogens with zero attached hydrogens (tertiary/aromatic N) is 2. The summed E-state index contributed by atoms with van der Waals surface area (Å²) in [4.78, 5) is 56.1. The minimum absolute atomic E-state index is 0.150. The van der Waals surface area contributed by atoms with Crippen molar-refractivity contribution in [1.29, 1.82) is 0 Å². The van der Waals surface area contributed by atoms with E-state index in [1.807, 2.05) is 0 Å². The van der Waals surface area contributed by atoms with Crippen LogP contribution < -0.4 is 4.90 Å². The SMILES string of the molecule is O=C1C(C2=N[C@H](C(=O)O)[C@H]3C(=O)N(c4ccccc4)C(=O)[C@@H]23)=C(O)c2ccccc21. The average molecular weight is 402 g/mol. The van der Waals surface area contributed by atoms with Crippen molar-refractivity contribution in [3.8, 4) is 0 Å². The summed E-state index contributed by atoms with van der Waals surface area (Å²) in [5.41, 5.74) is 0.463. The number of amides is 2. The average Bonchev–Trinajstić information content (AvgIpc) is 3.33. The number of aliphatic imine (C=N–C) groups is 1. The van der Waals surface area contributed by atoms with Gasteiger partial charge in [0.15, 0.2) is 11.8 Å². The lowest BCUT2D eigenvalue weighted by Gasteiger charge is -2.16. The highest BCUT2D eigenvalue weighted by molar-refractivity contribution is 6.42. The van der Waals surface area contributed by atoms with Crippen LogP contribution in [0, 0.1) is 11.8 Å². The standard InChI is InChI=1S/C22H14N2O6/c25-18-11-8-4-5-9-12(11)19(26)15(18)16-13-14(17(23-16)22(29)30)21(28)24(20(13)27)10-6-2-1-3-7-10/h1-9,13-14,17,25H,(H,29,30)/t13-,14+,17+/m1/s1. The predicted molar refractivity (Wildman–Crippen MR) is 105 cm³/mol. The molecule has 0 spiro atoms.